The van der Waals surface area contributed by atoms with Gasteiger partial charge in [0.05, 0.1) is 30.8 Å². The highest BCUT2D eigenvalue weighted by Gasteiger charge is 2.14. The summed E-state index contributed by atoms with van der Waals surface area (Å²) in [6.45, 7) is 1.82. The van der Waals surface area contributed by atoms with E-state index in [1.807, 2.05) is 6.92 Å². The molecule has 25 heavy (non-hydrogen) atoms. The third kappa shape index (κ3) is 3.32. The van der Waals surface area contributed by atoms with Crippen LogP contribution in [0.3, 0.4) is 0 Å². The summed E-state index contributed by atoms with van der Waals surface area (Å²) in [4.78, 5) is 23.9. The van der Waals surface area contributed by atoms with E-state index in [4.69, 9.17) is 4.74 Å². The first-order valence-corrected chi connectivity index (χ1v) is 7.46. The van der Waals surface area contributed by atoms with Gasteiger partial charge in [-0.15, -0.1) is 0 Å². The highest BCUT2D eigenvalue weighted by Crippen LogP contribution is 2.23. The predicted molar refractivity (Wildman–Crippen MR) is 90.0 cm³/mol. The Bertz CT molecular complexity index is 939. The van der Waals surface area contributed by atoms with Crippen LogP contribution in [0.4, 0.5) is 16.0 Å². The molecule has 3 rings (SSSR count). The zero-order chi connectivity index (χ0) is 18.0. The maximum atomic E-state index is 14.1. The molecular formula is C17H16FN5O2. The molecule has 0 amide bonds. The van der Waals surface area contributed by atoms with Crippen molar-refractivity contribution in [2.24, 2.45) is 7.05 Å². The molecule has 0 aliphatic rings. The lowest BCUT2D eigenvalue weighted by atomic mass is 10.2. The van der Waals surface area contributed by atoms with Gasteiger partial charge >= 0.3 is 5.97 Å². The van der Waals surface area contributed by atoms with Gasteiger partial charge in [0.25, 0.3) is 0 Å². The zero-order valence-electron chi connectivity index (χ0n) is 13.9. The van der Waals surface area contributed by atoms with E-state index in [1.165, 1.54) is 7.11 Å². The van der Waals surface area contributed by atoms with Crippen LogP contribution in [0.1, 0.15) is 16.2 Å². The minimum atomic E-state index is -0.545. The molecule has 0 spiro atoms. The lowest BCUT2D eigenvalue weighted by Crippen LogP contribution is -2.05. The van der Waals surface area contributed by atoms with Crippen LogP contribution in [0.5, 0.6) is 0 Å². The maximum absolute atomic E-state index is 14.1. The Hall–Kier alpha value is -3.29. The van der Waals surface area contributed by atoms with Crippen LogP contribution in [-0.2, 0) is 11.8 Å². The number of esters is 1. The second kappa shape index (κ2) is 6.68. The minimum absolute atomic E-state index is 0.143. The van der Waals surface area contributed by atoms with Crippen LogP contribution in [0.25, 0.3) is 11.4 Å². The number of carbonyl (C=O) groups is 1. The van der Waals surface area contributed by atoms with E-state index < -0.39 is 11.8 Å². The monoisotopic (exact) mass is 341 g/mol. The number of aryl methyl sites for hydroxylation is 1. The van der Waals surface area contributed by atoms with Gasteiger partial charge in [0, 0.05) is 12.7 Å². The first-order chi connectivity index (χ1) is 12.0. The highest BCUT2D eigenvalue weighted by atomic mass is 19.1. The van der Waals surface area contributed by atoms with Crippen molar-refractivity contribution in [1.29, 1.82) is 0 Å². The summed E-state index contributed by atoms with van der Waals surface area (Å²) in [5, 5.41) is 2.96. The van der Waals surface area contributed by atoms with E-state index in [0.29, 0.717) is 16.9 Å². The first-order valence-electron chi connectivity index (χ1n) is 7.46. The normalized spacial score (nSPS) is 10.6. The zero-order valence-corrected chi connectivity index (χ0v) is 13.9. The van der Waals surface area contributed by atoms with Crippen molar-refractivity contribution in [2.45, 2.75) is 6.92 Å². The Morgan fingerprint density at radius 3 is 2.76 bits per heavy atom. The van der Waals surface area contributed by atoms with Gasteiger partial charge in [-0.2, -0.15) is 0 Å². The van der Waals surface area contributed by atoms with Gasteiger partial charge in [-0.3, -0.25) is 0 Å². The molecule has 0 saturated heterocycles. The summed E-state index contributed by atoms with van der Waals surface area (Å²) >= 11 is 0. The highest BCUT2D eigenvalue weighted by molar-refractivity contribution is 5.90. The van der Waals surface area contributed by atoms with E-state index in [1.54, 1.807) is 42.1 Å². The van der Waals surface area contributed by atoms with Crippen LogP contribution in [-0.4, -0.2) is 32.6 Å². The van der Waals surface area contributed by atoms with Gasteiger partial charge in [0.1, 0.15) is 11.5 Å². The molecule has 0 fully saturated rings. The minimum Gasteiger partial charge on any atom is -0.465 e. The second-order valence-electron chi connectivity index (χ2n) is 5.34. The molecule has 1 N–H and O–H groups in total. The quantitative estimate of drug-likeness (QED) is 0.735. The number of hydrogen-bond acceptors (Lipinski definition) is 6. The molecule has 0 unspecified atom stereocenters. The summed E-state index contributed by atoms with van der Waals surface area (Å²) in [6, 6.07) is 6.68. The number of imidazole rings is 1. The largest absolute Gasteiger partial charge is 0.465 e. The number of aromatic nitrogens is 4. The Kier molecular flexibility index (Phi) is 4.42. The SMILES string of the molecule is COC(=O)c1cccc(Nc2ncc(F)c(-c3cnc(C)n3C)n2)c1. The third-order valence-corrected chi connectivity index (χ3v) is 3.75. The lowest BCUT2D eigenvalue weighted by molar-refractivity contribution is 0.0601. The van der Waals surface area contributed by atoms with Gasteiger partial charge in [0.15, 0.2) is 5.82 Å². The van der Waals surface area contributed by atoms with Crippen LogP contribution in [0, 0.1) is 12.7 Å². The Labute approximate surface area is 143 Å². The number of anilines is 2. The maximum Gasteiger partial charge on any atom is 0.337 e. The van der Waals surface area contributed by atoms with Gasteiger partial charge in [-0.25, -0.2) is 24.1 Å². The standard InChI is InChI=1S/C17H16FN5O2/c1-10-19-9-14(23(10)2)15-13(18)8-20-17(22-15)21-12-6-4-5-11(7-12)16(24)25-3/h4-9H,1-3H3,(H,20,21,22). The van der Waals surface area contributed by atoms with Crippen molar-refractivity contribution in [3.63, 3.8) is 0 Å². The van der Waals surface area contributed by atoms with Crippen molar-refractivity contribution >= 4 is 17.6 Å². The topological polar surface area (TPSA) is 81.9 Å². The average Bonchev–Trinajstić information content (AvgIpc) is 2.95. The molecule has 128 valence electrons. The van der Waals surface area contributed by atoms with Crippen molar-refractivity contribution in [1.82, 2.24) is 19.5 Å². The molecule has 2 heterocycles. The summed E-state index contributed by atoms with van der Waals surface area (Å²) in [5.74, 6) is -0.0443. The number of methoxy groups -OCH3 is 1. The molecule has 2 aromatic heterocycles. The third-order valence-electron chi connectivity index (χ3n) is 3.75. The number of halogens is 1. The Balaban J connectivity index is 1.93. The summed E-state index contributed by atoms with van der Waals surface area (Å²) in [5.41, 5.74) is 1.66. The number of nitrogens with one attached hydrogen (secondary N) is 1. The van der Waals surface area contributed by atoms with Gasteiger partial charge < -0.3 is 14.6 Å². The predicted octanol–water partition coefficient (Wildman–Crippen LogP) is 2.85. The molecule has 1 aromatic carbocycles. The molecule has 7 nitrogen and oxygen atoms in total. The first kappa shape index (κ1) is 16.6. The summed E-state index contributed by atoms with van der Waals surface area (Å²) in [6.07, 6.45) is 2.65. The number of hydrogen-bond donors (Lipinski definition) is 1. The average molecular weight is 341 g/mol. The molecule has 0 atom stereocenters. The molecule has 0 aliphatic carbocycles. The fraction of sp³-hybridized carbons (Fsp3) is 0.176. The van der Waals surface area contributed by atoms with Gasteiger partial charge in [0.2, 0.25) is 5.95 Å². The number of carbonyl (C=O) groups excluding carboxylic acids is 1. The van der Waals surface area contributed by atoms with Crippen LogP contribution >= 0.6 is 0 Å². The van der Waals surface area contributed by atoms with E-state index in [-0.39, 0.29) is 11.6 Å². The molecule has 0 bridgehead atoms. The Morgan fingerprint density at radius 1 is 1.28 bits per heavy atom. The fourth-order valence-corrected chi connectivity index (χ4v) is 2.30. The fourth-order valence-electron chi connectivity index (χ4n) is 2.30. The number of nitrogens with zero attached hydrogens (tertiary/aromatic N) is 4. The van der Waals surface area contributed by atoms with E-state index in [0.717, 1.165) is 12.0 Å². The molecule has 0 aliphatic heterocycles. The van der Waals surface area contributed by atoms with Crippen LogP contribution < -0.4 is 5.32 Å². The number of benzene rings is 1. The van der Waals surface area contributed by atoms with Crippen molar-refractivity contribution in [3.05, 3.63) is 53.9 Å². The summed E-state index contributed by atoms with van der Waals surface area (Å²) < 4.78 is 20.6. The molecule has 0 radical (unpaired) electrons. The number of rotatable bonds is 4. The van der Waals surface area contributed by atoms with Crippen molar-refractivity contribution in [2.75, 3.05) is 12.4 Å². The van der Waals surface area contributed by atoms with Crippen LogP contribution in [0.2, 0.25) is 0 Å². The Morgan fingerprint density at radius 2 is 2.08 bits per heavy atom. The van der Waals surface area contributed by atoms with Crippen LogP contribution in [0.15, 0.2) is 36.7 Å². The van der Waals surface area contributed by atoms with E-state index in [2.05, 4.69) is 20.3 Å². The van der Waals surface area contributed by atoms with Crippen molar-refractivity contribution in [3.8, 4) is 11.4 Å². The van der Waals surface area contributed by atoms with E-state index in [9.17, 15) is 9.18 Å². The van der Waals surface area contributed by atoms with E-state index >= 15 is 0 Å². The lowest BCUT2D eigenvalue weighted by Gasteiger charge is -2.09. The molecule has 8 heteroatoms. The summed E-state index contributed by atoms with van der Waals surface area (Å²) in [7, 11) is 3.10. The second-order valence-corrected chi connectivity index (χ2v) is 5.34. The smallest absolute Gasteiger partial charge is 0.337 e. The molecular weight excluding hydrogens is 325 g/mol. The van der Waals surface area contributed by atoms with Gasteiger partial charge in [-0.1, -0.05) is 6.07 Å². The molecule has 3 aromatic rings. The van der Waals surface area contributed by atoms with Gasteiger partial charge in [-0.05, 0) is 25.1 Å². The molecule has 0 saturated carbocycles. The van der Waals surface area contributed by atoms with Crippen molar-refractivity contribution < 1.29 is 13.9 Å². The number of ether oxygens (including phenoxy) is 1.